The summed E-state index contributed by atoms with van der Waals surface area (Å²) in [5.41, 5.74) is 4.87. The lowest BCUT2D eigenvalue weighted by atomic mass is 9.99. The molecule has 1 fully saturated rings. The molecule has 154 valence electrons. The lowest BCUT2D eigenvalue weighted by Crippen LogP contribution is -2.33. The fraction of sp³-hybridized carbons (Fsp3) is 0.435. The van der Waals surface area contributed by atoms with E-state index in [0.717, 1.165) is 64.6 Å². The van der Waals surface area contributed by atoms with Gasteiger partial charge in [0.15, 0.2) is 16.7 Å². The highest BCUT2D eigenvalue weighted by Crippen LogP contribution is 2.45. The maximum absolute atomic E-state index is 5.74. The summed E-state index contributed by atoms with van der Waals surface area (Å²) in [5.74, 6) is 2.76. The van der Waals surface area contributed by atoms with Gasteiger partial charge < -0.3 is 9.32 Å². The number of anilines is 1. The molecule has 0 aromatic carbocycles. The predicted octanol–water partition coefficient (Wildman–Crippen LogP) is 5.95. The van der Waals surface area contributed by atoms with Crippen molar-refractivity contribution in [2.45, 2.75) is 44.2 Å². The summed E-state index contributed by atoms with van der Waals surface area (Å²) < 4.78 is 6.93. The van der Waals surface area contributed by atoms with Gasteiger partial charge in [0.2, 0.25) is 0 Å². The number of aryl methyl sites for hydroxylation is 1. The third-order valence-corrected chi connectivity index (χ3v) is 8.13. The Balaban J connectivity index is 1.62. The first-order valence-corrected chi connectivity index (χ1v) is 12.8. The number of rotatable bonds is 3. The molecule has 4 aromatic rings. The zero-order chi connectivity index (χ0) is 20.2. The Bertz CT molecular complexity index is 1240. The minimum absolute atomic E-state index is 0.793. The fourth-order valence-corrected chi connectivity index (χ4v) is 6.40. The van der Waals surface area contributed by atoms with Crippen molar-refractivity contribution in [2.24, 2.45) is 5.92 Å². The van der Waals surface area contributed by atoms with E-state index >= 15 is 0 Å². The molecule has 7 heteroatoms. The van der Waals surface area contributed by atoms with Gasteiger partial charge in [0.25, 0.3) is 0 Å². The van der Waals surface area contributed by atoms with Crippen LogP contribution in [0.5, 0.6) is 0 Å². The smallest absolute Gasteiger partial charge is 0.189 e. The van der Waals surface area contributed by atoms with Crippen LogP contribution in [0, 0.1) is 5.92 Å². The van der Waals surface area contributed by atoms with E-state index in [0.29, 0.717) is 0 Å². The zero-order valence-corrected chi connectivity index (χ0v) is 18.9. The SMILES string of the molecule is CSc1nc(N2CCC(C)CC2)c2sc3nc(-c4ccco4)c4c(c3c2n1)CCC4. The highest BCUT2D eigenvalue weighted by Gasteiger charge is 2.28. The molecule has 0 radical (unpaired) electrons. The zero-order valence-electron chi connectivity index (χ0n) is 17.3. The normalized spacial score (nSPS) is 17.3. The molecule has 0 saturated carbocycles. The molecule has 30 heavy (non-hydrogen) atoms. The van der Waals surface area contributed by atoms with E-state index in [1.807, 2.05) is 12.1 Å². The monoisotopic (exact) mass is 436 g/mol. The van der Waals surface area contributed by atoms with Crippen LogP contribution in [0.15, 0.2) is 28.0 Å². The minimum Gasteiger partial charge on any atom is -0.463 e. The molecule has 0 N–H and O–H groups in total. The molecular formula is C23H24N4OS2. The lowest BCUT2D eigenvalue weighted by Gasteiger charge is -2.31. The maximum Gasteiger partial charge on any atom is 0.189 e. The number of thioether (sulfide) groups is 1. The van der Waals surface area contributed by atoms with Crippen LogP contribution in [0.4, 0.5) is 5.82 Å². The second-order valence-corrected chi connectivity index (χ2v) is 10.2. The number of pyridine rings is 1. The largest absolute Gasteiger partial charge is 0.463 e. The molecule has 1 saturated heterocycles. The van der Waals surface area contributed by atoms with Crippen molar-refractivity contribution in [1.82, 2.24) is 15.0 Å². The second-order valence-electron chi connectivity index (χ2n) is 8.41. The predicted molar refractivity (Wildman–Crippen MR) is 125 cm³/mol. The maximum atomic E-state index is 5.74. The molecule has 0 unspecified atom stereocenters. The number of hydrogen-bond acceptors (Lipinski definition) is 7. The Morgan fingerprint density at radius 3 is 2.73 bits per heavy atom. The number of thiophene rings is 1. The van der Waals surface area contributed by atoms with Crippen molar-refractivity contribution in [1.29, 1.82) is 0 Å². The molecule has 5 nitrogen and oxygen atoms in total. The minimum atomic E-state index is 0.793. The topological polar surface area (TPSA) is 55.1 Å². The molecule has 1 aliphatic carbocycles. The molecule has 0 bridgehead atoms. The highest BCUT2D eigenvalue weighted by atomic mass is 32.2. The summed E-state index contributed by atoms with van der Waals surface area (Å²) >= 11 is 3.38. The number of hydrogen-bond donors (Lipinski definition) is 0. The van der Waals surface area contributed by atoms with Crippen LogP contribution in [0.2, 0.25) is 0 Å². The van der Waals surface area contributed by atoms with Crippen molar-refractivity contribution in [3.8, 4) is 11.5 Å². The van der Waals surface area contributed by atoms with Crippen LogP contribution in [0.1, 0.15) is 37.3 Å². The van der Waals surface area contributed by atoms with Crippen LogP contribution in [0.25, 0.3) is 31.9 Å². The van der Waals surface area contributed by atoms with Gasteiger partial charge in [-0.2, -0.15) is 0 Å². The molecule has 6 rings (SSSR count). The Kier molecular flexibility index (Phi) is 4.49. The van der Waals surface area contributed by atoms with Crippen molar-refractivity contribution in [3.63, 3.8) is 0 Å². The summed E-state index contributed by atoms with van der Waals surface area (Å²) in [6.07, 6.45) is 9.56. The van der Waals surface area contributed by atoms with Gasteiger partial charge in [0, 0.05) is 18.5 Å². The lowest BCUT2D eigenvalue weighted by molar-refractivity contribution is 0.437. The first-order chi connectivity index (χ1) is 14.7. The van der Waals surface area contributed by atoms with Gasteiger partial charge in [0.1, 0.15) is 10.5 Å². The standard InChI is InChI=1S/C23H24N4OS2/c1-13-8-10-27(11-9-13)21-20-19(25-23(26-21)29-2)17-14-5-3-6-15(14)18(24-22(17)30-20)16-7-4-12-28-16/h4,7,12-13H,3,5-6,8-11H2,1-2H3. The fourth-order valence-electron chi connectivity index (χ4n) is 4.87. The number of nitrogens with zero attached hydrogens (tertiary/aromatic N) is 4. The molecule has 2 aliphatic rings. The third kappa shape index (κ3) is 2.86. The average Bonchev–Trinajstić information content (AvgIpc) is 3.51. The summed E-state index contributed by atoms with van der Waals surface area (Å²) in [6.45, 7) is 4.49. The Morgan fingerprint density at radius 2 is 1.97 bits per heavy atom. The van der Waals surface area contributed by atoms with Gasteiger partial charge in [0.05, 0.1) is 16.5 Å². The molecule has 4 aromatic heterocycles. The van der Waals surface area contributed by atoms with E-state index in [1.165, 1.54) is 40.5 Å². The summed E-state index contributed by atoms with van der Waals surface area (Å²) in [4.78, 5) is 18.6. The van der Waals surface area contributed by atoms with Crippen LogP contribution < -0.4 is 4.90 Å². The molecular weight excluding hydrogens is 412 g/mol. The van der Waals surface area contributed by atoms with Gasteiger partial charge in [-0.15, -0.1) is 11.3 Å². The van der Waals surface area contributed by atoms with Crippen molar-refractivity contribution in [3.05, 3.63) is 29.5 Å². The summed E-state index contributed by atoms with van der Waals surface area (Å²) in [7, 11) is 0. The van der Waals surface area contributed by atoms with Crippen LogP contribution >= 0.6 is 23.1 Å². The second kappa shape index (κ2) is 7.24. The molecule has 5 heterocycles. The van der Waals surface area contributed by atoms with E-state index in [2.05, 4.69) is 18.1 Å². The molecule has 1 aliphatic heterocycles. The van der Waals surface area contributed by atoms with E-state index in [-0.39, 0.29) is 0 Å². The quantitative estimate of drug-likeness (QED) is 0.292. The van der Waals surface area contributed by atoms with Gasteiger partial charge in [-0.05, 0) is 67.5 Å². The Labute approximate surface area is 183 Å². The van der Waals surface area contributed by atoms with E-state index < -0.39 is 0 Å². The molecule has 0 atom stereocenters. The Morgan fingerprint density at radius 1 is 1.13 bits per heavy atom. The van der Waals surface area contributed by atoms with Crippen LogP contribution in [-0.2, 0) is 12.8 Å². The first kappa shape index (κ1) is 18.6. The summed E-state index contributed by atoms with van der Waals surface area (Å²) in [6, 6.07) is 3.96. The number of furan rings is 1. The number of fused-ring (bicyclic) bond motifs is 5. The van der Waals surface area contributed by atoms with Crippen LogP contribution in [0.3, 0.4) is 0 Å². The van der Waals surface area contributed by atoms with Crippen molar-refractivity contribution >= 4 is 49.3 Å². The van der Waals surface area contributed by atoms with Gasteiger partial charge in [-0.3, -0.25) is 0 Å². The molecule has 0 spiro atoms. The number of aromatic nitrogens is 3. The van der Waals surface area contributed by atoms with E-state index in [9.17, 15) is 0 Å². The van der Waals surface area contributed by atoms with E-state index in [1.54, 1.807) is 29.4 Å². The van der Waals surface area contributed by atoms with Gasteiger partial charge in [-0.25, -0.2) is 15.0 Å². The Hall–Kier alpha value is -2.12. The molecule has 0 amide bonds. The summed E-state index contributed by atoms with van der Waals surface area (Å²) in [5, 5.41) is 2.11. The van der Waals surface area contributed by atoms with Crippen molar-refractivity contribution in [2.75, 3.05) is 24.2 Å². The van der Waals surface area contributed by atoms with Crippen molar-refractivity contribution < 1.29 is 4.42 Å². The first-order valence-electron chi connectivity index (χ1n) is 10.7. The highest BCUT2D eigenvalue weighted by molar-refractivity contribution is 7.98. The number of piperidine rings is 1. The van der Waals surface area contributed by atoms with E-state index in [4.69, 9.17) is 19.4 Å². The van der Waals surface area contributed by atoms with Gasteiger partial charge in [-0.1, -0.05) is 18.7 Å². The third-order valence-electron chi connectivity index (χ3n) is 6.52. The average molecular weight is 437 g/mol. The van der Waals surface area contributed by atoms with Gasteiger partial charge >= 0.3 is 0 Å². The van der Waals surface area contributed by atoms with Crippen LogP contribution in [-0.4, -0.2) is 34.3 Å².